The third kappa shape index (κ3) is 4.07. The first-order chi connectivity index (χ1) is 5.58. The second-order valence-electron chi connectivity index (χ2n) is 4.93. The average Bonchev–Trinajstić information content (AvgIpc) is 1.80. The zero-order valence-electron chi connectivity index (χ0n) is 8.69. The molecule has 1 rings (SSSR count). The number of hydrogen-bond donors (Lipinski definition) is 1. The van der Waals surface area contributed by atoms with Gasteiger partial charge in [0.2, 0.25) is 0 Å². The minimum absolute atomic E-state index is 0. The molecule has 0 bridgehead atoms. The summed E-state index contributed by atoms with van der Waals surface area (Å²) in [5.41, 5.74) is 0.426. The summed E-state index contributed by atoms with van der Waals surface area (Å²) in [6, 6.07) is 0. The molecule has 0 amide bonds. The number of likely N-dealkylation sites (tertiary alicyclic amines) is 1. The predicted octanol–water partition coefficient (Wildman–Crippen LogP) is 1.57. The van der Waals surface area contributed by atoms with E-state index in [1.54, 1.807) is 0 Å². The van der Waals surface area contributed by atoms with Crippen LogP contribution in [0.3, 0.4) is 0 Å². The number of hydrogen-bond acceptors (Lipinski definition) is 2. The summed E-state index contributed by atoms with van der Waals surface area (Å²) in [5.74, 6) is 0. The van der Waals surface area contributed by atoms with E-state index in [1.165, 1.54) is 26.1 Å². The highest BCUT2D eigenvalue weighted by Crippen LogP contribution is 2.10. The van der Waals surface area contributed by atoms with E-state index in [9.17, 15) is 0 Å². The van der Waals surface area contributed by atoms with Crippen LogP contribution in [0.15, 0.2) is 0 Å². The summed E-state index contributed by atoms with van der Waals surface area (Å²) in [5, 5.41) is 3.48. The molecule has 0 aromatic heterocycles. The minimum Gasteiger partial charge on any atom is -0.315 e. The maximum Gasteiger partial charge on any atom is 0.0107 e. The Hall–Kier alpha value is -0.0800. The summed E-state index contributed by atoms with van der Waals surface area (Å²) in [7, 11) is 0. The first-order valence-electron chi connectivity index (χ1n) is 5.01. The van der Waals surface area contributed by atoms with Crippen molar-refractivity contribution in [2.75, 3.05) is 32.7 Å². The fourth-order valence-electron chi connectivity index (χ4n) is 1.31. The lowest BCUT2D eigenvalue weighted by atomic mass is 9.97. The monoisotopic (exact) mass is 172 g/mol. The van der Waals surface area contributed by atoms with Crippen molar-refractivity contribution in [3.63, 3.8) is 0 Å². The van der Waals surface area contributed by atoms with E-state index in [1.807, 2.05) is 0 Å². The largest absolute Gasteiger partial charge is 0.315 e. The van der Waals surface area contributed by atoms with Crippen molar-refractivity contribution < 1.29 is 1.43 Å². The van der Waals surface area contributed by atoms with Crippen LogP contribution in [0.25, 0.3) is 0 Å². The molecule has 0 aromatic rings. The topological polar surface area (TPSA) is 15.3 Å². The maximum atomic E-state index is 3.48. The van der Waals surface area contributed by atoms with Gasteiger partial charge in [-0.1, -0.05) is 20.8 Å². The molecule has 1 heterocycles. The van der Waals surface area contributed by atoms with Crippen LogP contribution in [-0.2, 0) is 0 Å². The van der Waals surface area contributed by atoms with Crippen molar-refractivity contribution in [3.8, 4) is 0 Å². The van der Waals surface area contributed by atoms with Crippen LogP contribution in [0.5, 0.6) is 0 Å². The highest BCUT2D eigenvalue weighted by molar-refractivity contribution is 4.70. The van der Waals surface area contributed by atoms with Gasteiger partial charge in [-0.2, -0.15) is 0 Å². The fourth-order valence-corrected chi connectivity index (χ4v) is 1.31. The van der Waals surface area contributed by atoms with Gasteiger partial charge >= 0.3 is 0 Å². The number of nitrogens with one attached hydrogen (secondary N) is 1. The lowest BCUT2D eigenvalue weighted by Gasteiger charge is -2.31. The molecule has 2 nitrogen and oxygen atoms in total. The molecule has 12 heavy (non-hydrogen) atoms. The van der Waals surface area contributed by atoms with Crippen LogP contribution < -0.4 is 5.32 Å². The molecule has 1 N–H and O–H groups in total. The Labute approximate surface area is 77.8 Å². The molecule has 0 aromatic carbocycles. The number of rotatable bonds is 4. The van der Waals surface area contributed by atoms with E-state index in [4.69, 9.17) is 0 Å². The first kappa shape index (κ1) is 10.0. The van der Waals surface area contributed by atoms with Crippen molar-refractivity contribution in [1.82, 2.24) is 10.2 Å². The lowest BCUT2D eigenvalue weighted by molar-refractivity contribution is 0.180. The Morgan fingerprint density at radius 1 is 1.33 bits per heavy atom. The number of nitrogens with zero attached hydrogens (tertiary/aromatic N) is 1. The summed E-state index contributed by atoms with van der Waals surface area (Å²) in [6.07, 6.45) is 1.40. The molecule has 1 fully saturated rings. The van der Waals surface area contributed by atoms with Crippen molar-refractivity contribution in [1.29, 1.82) is 0 Å². The standard InChI is InChI=1S/C10H22N2.H2/c1-10(2,3)9-11-5-8-12-6-4-7-12;/h11H,4-9H2,1-3H3;1H. The summed E-state index contributed by atoms with van der Waals surface area (Å²) in [4.78, 5) is 2.50. The Balaban J connectivity index is 0.00000144. The van der Waals surface area contributed by atoms with Crippen LogP contribution in [0.2, 0.25) is 0 Å². The molecule has 74 valence electrons. The maximum absolute atomic E-state index is 3.48. The fraction of sp³-hybridized carbons (Fsp3) is 1.00. The minimum atomic E-state index is 0. The van der Waals surface area contributed by atoms with Crippen LogP contribution >= 0.6 is 0 Å². The van der Waals surface area contributed by atoms with E-state index in [-0.39, 0.29) is 1.43 Å². The molecule has 0 aliphatic carbocycles. The molecule has 0 radical (unpaired) electrons. The van der Waals surface area contributed by atoms with Gasteiger partial charge in [0, 0.05) is 21.1 Å². The molecule has 1 saturated heterocycles. The van der Waals surface area contributed by atoms with Gasteiger partial charge < -0.3 is 10.2 Å². The van der Waals surface area contributed by atoms with Crippen molar-refractivity contribution in [2.45, 2.75) is 27.2 Å². The van der Waals surface area contributed by atoms with Crippen LogP contribution in [-0.4, -0.2) is 37.6 Å². The Kier molecular flexibility index (Phi) is 3.53. The van der Waals surface area contributed by atoms with E-state index >= 15 is 0 Å². The molecule has 0 spiro atoms. The van der Waals surface area contributed by atoms with Gasteiger partial charge in [0.25, 0.3) is 0 Å². The smallest absolute Gasteiger partial charge is 0.0107 e. The van der Waals surface area contributed by atoms with Crippen LogP contribution in [0.1, 0.15) is 28.6 Å². The van der Waals surface area contributed by atoms with E-state index in [2.05, 4.69) is 31.0 Å². The Morgan fingerprint density at radius 2 is 2.00 bits per heavy atom. The van der Waals surface area contributed by atoms with Gasteiger partial charge in [-0.3, -0.25) is 0 Å². The van der Waals surface area contributed by atoms with Crippen molar-refractivity contribution in [2.24, 2.45) is 5.41 Å². The summed E-state index contributed by atoms with van der Waals surface area (Å²) >= 11 is 0. The highest BCUT2D eigenvalue weighted by atomic mass is 15.2. The van der Waals surface area contributed by atoms with Crippen molar-refractivity contribution >= 4 is 0 Å². The zero-order valence-corrected chi connectivity index (χ0v) is 8.69. The van der Waals surface area contributed by atoms with Gasteiger partial charge in [0.1, 0.15) is 0 Å². The second kappa shape index (κ2) is 4.24. The Morgan fingerprint density at radius 3 is 2.42 bits per heavy atom. The zero-order chi connectivity index (χ0) is 9.03. The van der Waals surface area contributed by atoms with Gasteiger partial charge in [-0.05, 0) is 24.9 Å². The molecule has 0 atom stereocenters. The van der Waals surface area contributed by atoms with Crippen LogP contribution in [0.4, 0.5) is 0 Å². The quantitative estimate of drug-likeness (QED) is 0.648. The second-order valence-corrected chi connectivity index (χ2v) is 4.93. The molecule has 0 saturated carbocycles. The molecule has 2 heteroatoms. The molecular formula is C10H24N2. The summed E-state index contributed by atoms with van der Waals surface area (Å²) < 4.78 is 0. The van der Waals surface area contributed by atoms with Gasteiger partial charge in [-0.15, -0.1) is 0 Å². The van der Waals surface area contributed by atoms with Crippen molar-refractivity contribution in [3.05, 3.63) is 0 Å². The van der Waals surface area contributed by atoms with Gasteiger partial charge in [-0.25, -0.2) is 0 Å². The van der Waals surface area contributed by atoms with Gasteiger partial charge in [0.15, 0.2) is 0 Å². The normalized spacial score (nSPS) is 19.2. The molecule has 1 aliphatic rings. The molecule has 1 aliphatic heterocycles. The van der Waals surface area contributed by atoms with E-state index < -0.39 is 0 Å². The van der Waals surface area contributed by atoms with E-state index in [0.717, 1.165) is 13.1 Å². The van der Waals surface area contributed by atoms with Gasteiger partial charge in [0.05, 0.1) is 0 Å². The lowest BCUT2D eigenvalue weighted by Crippen LogP contribution is -2.42. The first-order valence-corrected chi connectivity index (χ1v) is 5.01. The summed E-state index contributed by atoms with van der Waals surface area (Å²) in [6.45, 7) is 12.9. The van der Waals surface area contributed by atoms with Crippen LogP contribution in [0, 0.1) is 5.41 Å². The molecule has 0 unspecified atom stereocenters. The highest BCUT2D eigenvalue weighted by Gasteiger charge is 2.13. The molecular weight excluding hydrogens is 148 g/mol. The predicted molar refractivity (Wildman–Crippen MR) is 55.5 cm³/mol. The average molecular weight is 172 g/mol. The third-order valence-electron chi connectivity index (χ3n) is 2.21. The third-order valence-corrected chi connectivity index (χ3v) is 2.21. The van der Waals surface area contributed by atoms with E-state index in [0.29, 0.717) is 5.41 Å². The Bertz CT molecular complexity index is 127. The SMILES string of the molecule is CC(C)(C)CNCCN1CCC1.[HH].